The van der Waals surface area contributed by atoms with E-state index >= 15 is 0 Å². The molecule has 5 nitrogen and oxygen atoms in total. The maximum absolute atomic E-state index is 6.24. The predicted molar refractivity (Wildman–Crippen MR) is 104 cm³/mol. The van der Waals surface area contributed by atoms with E-state index in [4.69, 9.17) is 22.7 Å². The molecule has 1 aliphatic carbocycles. The van der Waals surface area contributed by atoms with Crippen LogP contribution >= 0.6 is 12.2 Å². The van der Waals surface area contributed by atoms with E-state index in [9.17, 15) is 0 Å². The molecule has 1 aromatic heterocycles. The number of nitrogens with two attached hydrogens (primary N) is 1. The molecule has 0 aromatic carbocycles. The first kappa shape index (κ1) is 18.3. The summed E-state index contributed by atoms with van der Waals surface area (Å²) in [6.45, 7) is 3.99. The van der Waals surface area contributed by atoms with E-state index in [1.807, 2.05) is 18.5 Å². The van der Waals surface area contributed by atoms with Crippen molar-refractivity contribution in [2.75, 3.05) is 20.3 Å². The van der Waals surface area contributed by atoms with E-state index in [0.717, 1.165) is 32.2 Å². The molecule has 0 radical (unpaired) electrons. The highest BCUT2D eigenvalue weighted by Crippen LogP contribution is 2.37. The van der Waals surface area contributed by atoms with Crippen molar-refractivity contribution in [3.63, 3.8) is 0 Å². The van der Waals surface area contributed by atoms with Gasteiger partial charge in [0.25, 0.3) is 0 Å². The Morgan fingerprint density at radius 1 is 1.48 bits per heavy atom. The van der Waals surface area contributed by atoms with Crippen LogP contribution in [0.3, 0.4) is 0 Å². The Morgan fingerprint density at radius 3 is 3.00 bits per heavy atom. The number of hydrogen-bond acceptors (Lipinski definition) is 4. The minimum Gasteiger partial charge on any atom is -0.382 e. The molecule has 1 saturated carbocycles. The van der Waals surface area contributed by atoms with Crippen LogP contribution in [0.5, 0.6) is 0 Å². The molecule has 25 heavy (non-hydrogen) atoms. The lowest BCUT2D eigenvalue weighted by Crippen LogP contribution is -2.54. The van der Waals surface area contributed by atoms with E-state index in [0.29, 0.717) is 17.8 Å². The first-order valence-corrected chi connectivity index (χ1v) is 9.60. The lowest BCUT2D eigenvalue weighted by Gasteiger charge is -2.38. The van der Waals surface area contributed by atoms with E-state index in [1.165, 1.54) is 24.1 Å². The Kier molecular flexibility index (Phi) is 5.69. The molecule has 0 spiro atoms. The smallest absolute Gasteiger partial charge is 0.365 e. The molecule has 0 bridgehead atoms. The number of thiocarbonyl (C=S) groups is 1. The fourth-order valence-corrected chi connectivity index (χ4v) is 4.61. The highest BCUT2D eigenvalue weighted by Gasteiger charge is 2.43. The van der Waals surface area contributed by atoms with Crippen molar-refractivity contribution in [1.29, 1.82) is 0 Å². The van der Waals surface area contributed by atoms with Crippen LogP contribution in [0.25, 0.3) is 0 Å². The standard InChI is InChI=1S/C19H28N4OS/c1-19(15-7-5-11-21-13-15)10-4-3-9-17(19)23(18(20)25)22-12-6-8-16(22)14-24-2/h5,7,11,13,16H,3-4,6,8-10,12,14H2,1-2H3,(H-,20,25)/p+1. The molecule has 6 heteroatoms. The minimum absolute atomic E-state index is 0.0872. The van der Waals surface area contributed by atoms with Gasteiger partial charge >= 0.3 is 5.11 Å². The van der Waals surface area contributed by atoms with Gasteiger partial charge in [-0.15, -0.1) is 4.68 Å². The van der Waals surface area contributed by atoms with Gasteiger partial charge < -0.3 is 4.74 Å². The number of ether oxygens (including phenoxy) is 1. The maximum atomic E-state index is 6.24. The third kappa shape index (κ3) is 3.55. The van der Waals surface area contributed by atoms with Gasteiger partial charge in [-0.05, 0) is 44.2 Å². The maximum Gasteiger partial charge on any atom is 0.365 e. The molecule has 1 aliphatic heterocycles. The molecule has 1 saturated heterocycles. The normalized spacial score (nSPS) is 28.9. The average Bonchev–Trinajstić information content (AvgIpc) is 3.06. The number of hydrazine groups is 1. The van der Waals surface area contributed by atoms with Gasteiger partial charge in [-0.3, -0.25) is 10.7 Å². The first-order valence-electron chi connectivity index (χ1n) is 9.20. The first-order chi connectivity index (χ1) is 12.1. The summed E-state index contributed by atoms with van der Waals surface area (Å²) in [7, 11) is 1.76. The zero-order valence-corrected chi connectivity index (χ0v) is 16.1. The lowest BCUT2D eigenvalue weighted by atomic mass is 9.69. The van der Waals surface area contributed by atoms with Gasteiger partial charge in [0.05, 0.1) is 24.6 Å². The van der Waals surface area contributed by atoms with E-state index in [1.54, 1.807) is 7.11 Å². The summed E-state index contributed by atoms with van der Waals surface area (Å²) >= 11 is 5.51. The number of pyridine rings is 1. The quantitative estimate of drug-likeness (QED) is 0.660. The summed E-state index contributed by atoms with van der Waals surface area (Å²) in [4.78, 5) is 4.36. The zero-order valence-electron chi connectivity index (χ0n) is 15.3. The molecule has 2 aliphatic rings. The number of hydrogen-bond donors (Lipinski definition) is 1. The third-order valence-corrected chi connectivity index (χ3v) is 5.88. The molecule has 2 heterocycles. The summed E-state index contributed by atoms with van der Waals surface area (Å²) in [6.07, 6.45) is 10.6. The number of rotatable bonds is 4. The van der Waals surface area contributed by atoms with E-state index < -0.39 is 0 Å². The second-order valence-electron chi connectivity index (χ2n) is 7.29. The highest BCUT2D eigenvalue weighted by molar-refractivity contribution is 7.79. The minimum atomic E-state index is -0.0872. The van der Waals surface area contributed by atoms with Crippen molar-refractivity contribution in [3.8, 4) is 0 Å². The molecular formula is C19H29N4OS+. The van der Waals surface area contributed by atoms with Crippen molar-refractivity contribution in [2.45, 2.75) is 56.9 Å². The van der Waals surface area contributed by atoms with Gasteiger partial charge in [-0.25, -0.2) is 5.01 Å². The molecule has 0 amide bonds. The highest BCUT2D eigenvalue weighted by atomic mass is 32.1. The van der Waals surface area contributed by atoms with Crippen LogP contribution in [-0.4, -0.2) is 51.8 Å². The van der Waals surface area contributed by atoms with Gasteiger partial charge in [-0.1, -0.05) is 12.5 Å². The Labute approximate surface area is 155 Å². The van der Waals surface area contributed by atoms with Gasteiger partial charge in [-0.2, -0.15) is 0 Å². The number of methoxy groups -OCH3 is 1. The molecule has 136 valence electrons. The van der Waals surface area contributed by atoms with Crippen molar-refractivity contribution < 1.29 is 9.42 Å². The van der Waals surface area contributed by atoms with Crippen LogP contribution in [0.1, 0.15) is 51.0 Å². The monoisotopic (exact) mass is 361 g/mol. The second-order valence-corrected chi connectivity index (χ2v) is 7.71. The summed E-state index contributed by atoms with van der Waals surface area (Å²) < 4.78 is 7.58. The Bertz CT molecular complexity index is 648. The molecular weight excluding hydrogens is 332 g/mol. The lowest BCUT2D eigenvalue weighted by molar-refractivity contribution is -0.605. The van der Waals surface area contributed by atoms with Crippen LogP contribution < -0.4 is 5.73 Å². The summed E-state index contributed by atoms with van der Waals surface area (Å²) in [5.74, 6) is 0. The van der Waals surface area contributed by atoms with E-state index in [2.05, 4.69) is 27.7 Å². The Morgan fingerprint density at radius 2 is 2.32 bits per heavy atom. The van der Waals surface area contributed by atoms with Crippen molar-refractivity contribution >= 4 is 23.0 Å². The molecule has 1 aromatic rings. The molecule has 2 unspecified atom stereocenters. The summed E-state index contributed by atoms with van der Waals surface area (Å²) in [5.41, 5.74) is 8.71. The third-order valence-electron chi connectivity index (χ3n) is 5.70. The van der Waals surface area contributed by atoms with Crippen LogP contribution in [-0.2, 0) is 10.2 Å². The zero-order chi connectivity index (χ0) is 17.9. The van der Waals surface area contributed by atoms with Crippen LogP contribution in [0.15, 0.2) is 24.5 Å². The molecule has 3 rings (SSSR count). The van der Waals surface area contributed by atoms with Crippen molar-refractivity contribution in [3.05, 3.63) is 30.1 Å². The second kappa shape index (κ2) is 7.79. The van der Waals surface area contributed by atoms with Crippen LogP contribution in [0.4, 0.5) is 0 Å². The number of hydrazone groups is 1. The number of aromatic nitrogens is 1. The van der Waals surface area contributed by atoms with Crippen LogP contribution in [0, 0.1) is 0 Å². The summed E-state index contributed by atoms with van der Waals surface area (Å²) in [5, 5.41) is 2.77. The fourth-order valence-electron chi connectivity index (χ4n) is 4.39. The van der Waals surface area contributed by atoms with Gasteiger partial charge in [0.15, 0.2) is 0 Å². The summed E-state index contributed by atoms with van der Waals surface area (Å²) in [6, 6.07) is 4.52. The van der Waals surface area contributed by atoms with Crippen molar-refractivity contribution in [1.82, 2.24) is 9.99 Å². The predicted octanol–water partition coefficient (Wildman–Crippen LogP) is 2.64. The van der Waals surface area contributed by atoms with Gasteiger partial charge in [0, 0.05) is 38.1 Å². The van der Waals surface area contributed by atoms with Crippen LogP contribution in [0.2, 0.25) is 0 Å². The van der Waals surface area contributed by atoms with E-state index in [-0.39, 0.29) is 5.41 Å². The largest absolute Gasteiger partial charge is 0.382 e. The number of nitrogens with zero attached hydrogens (tertiary/aromatic N) is 3. The van der Waals surface area contributed by atoms with Crippen molar-refractivity contribution in [2.24, 2.45) is 5.73 Å². The Hall–Kier alpha value is -1.53. The fraction of sp³-hybridized carbons (Fsp3) is 0.632. The topological polar surface area (TPSA) is 54.4 Å². The molecule has 2 N–H and O–H groups in total. The average molecular weight is 362 g/mol. The Balaban J connectivity index is 2.09. The molecule has 2 fully saturated rings. The van der Waals surface area contributed by atoms with Gasteiger partial charge in [0.2, 0.25) is 0 Å². The van der Waals surface area contributed by atoms with Gasteiger partial charge in [0.1, 0.15) is 5.71 Å². The molecule has 2 atom stereocenters. The SMILES string of the molecule is COCC1CCCN1[N+](C(N)=S)=C1CCCCC1(C)c1cccnc1.